The third-order valence-electron chi connectivity index (χ3n) is 2.58. The van der Waals surface area contributed by atoms with Crippen LogP contribution in [0.25, 0.3) is 10.9 Å². The first-order valence-corrected chi connectivity index (χ1v) is 9.77. The van der Waals surface area contributed by atoms with Gasteiger partial charge >= 0.3 is 0 Å². The number of benzene rings is 1. The maximum absolute atomic E-state index is 5.61. The largest absolute Gasteiger partial charge is 0.360 e. The van der Waals surface area contributed by atoms with E-state index < -0.39 is 8.80 Å². The molecule has 92 valence electrons. The van der Waals surface area contributed by atoms with Crippen LogP contribution in [0, 0.1) is 0 Å². The van der Waals surface area contributed by atoms with E-state index in [0.717, 1.165) is 22.0 Å². The van der Waals surface area contributed by atoms with E-state index in [1.54, 1.807) is 0 Å². The van der Waals surface area contributed by atoms with Gasteiger partial charge in [-0.15, -0.1) is 0 Å². The van der Waals surface area contributed by atoms with Gasteiger partial charge in [0.05, 0.1) is 5.52 Å². The average molecular weight is 313 g/mol. The van der Waals surface area contributed by atoms with E-state index in [-0.39, 0.29) is 0 Å². The number of aromatic nitrogens is 2. The summed E-state index contributed by atoms with van der Waals surface area (Å²) in [5.74, 6) is 0. The highest BCUT2D eigenvalue weighted by molar-refractivity contribution is 9.10. The van der Waals surface area contributed by atoms with Crippen molar-refractivity contribution in [3.05, 3.63) is 28.9 Å². The standard InChI is InChI=1S/C12H17BrN2OSi/c1-17(2)6-5-16-9-15-8-10-7-11(13)3-4-12(10)14-15/h3-4,7-8,17H,5-6,9H2,1-2H3. The highest BCUT2D eigenvalue weighted by Crippen LogP contribution is 2.18. The summed E-state index contributed by atoms with van der Waals surface area (Å²) in [6.07, 6.45) is 2.02. The summed E-state index contributed by atoms with van der Waals surface area (Å²) >= 11 is 3.46. The van der Waals surface area contributed by atoms with Crippen molar-refractivity contribution < 1.29 is 4.74 Å². The Bertz CT molecular complexity index is 498. The molecule has 1 heterocycles. The second kappa shape index (κ2) is 5.80. The van der Waals surface area contributed by atoms with Crippen LogP contribution in [0.2, 0.25) is 19.1 Å². The van der Waals surface area contributed by atoms with Gasteiger partial charge in [-0.05, 0) is 24.2 Å². The Balaban J connectivity index is 1.95. The van der Waals surface area contributed by atoms with Crippen LogP contribution in [0.4, 0.5) is 0 Å². The molecule has 0 saturated carbocycles. The molecule has 0 aliphatic rings. The molecular formula is C12H17BrN2OSi. The van der Waals surface area contributed by atoms with Gasteiger partial charge in [0.1, 0.15) is 6.73 Å². The van der Waals surface area contributed by atoms with Crippen LogP contribution >= 0.6 is 15.9 Å². The zero-order valence-electron chi connectivity index (χ0n) is 10.2. The molecule has 0 N–H and O–H groups in total. The van der Waals surface area contributed by atoms with Crippen molar-refractivity contribution in [3.8, 4) is 0 Å². The molecule has 17 heavy (non-hydrogen) atoms. The van der Waals surface area contributed by atoms with Gasteiger partial charge in [0.25, 0.3) is 0 Å². The summed E-state index contributed by atoms with van der Waals surface area (Å²) in [4.78, 5) is 0. The topological polar surface area (TPSA) is 27.1 Å². The summed E-state index contributed by atoms with van der Waals surface area (Å²) in [7, 11) is -0.493. The first-order valence-electron chi connectivity index (χ1n) is 5.85. The molecule has 2 aromatic rings. The molecule has 0 bridgehead atoms. The van der Waals surface area contributed by atoms with Gasteiger partial charge in [-0.25, -0.2) is 4.68 Å². The van der Waals surface area contributed by atoms with E-state index in [9.17, 15) is 0 Å². The molecule has 0 aliphatic carbocycles. The van der Waals surface area contributed by atoms with Crippen LogP contribution < -0.4 is 0 Å². The van der Waals surface area contributed by atoms with Gasteiger partial charge in [-0.3, -0.25) is 0 Å². The van der Waals surface area contributed by atoms with Gasteiger partial charge in [0, 0.05) is 31.5 Å². The molecule has 1 aromatic carbocycles. The van der Waals surface area contributed by atoms with E-state index in [4.69, 9.17) is 4.74 Å². The zero-order valence-corrected chi connectivity index (χ0v) is 12.9. The van der Waals surface area contributed by atoms with Gasteiger partial charge in [0.15, 0.2) is 0 Å². The molecule has 0 saturated heterocycles. The molecule has 0 fully saturated rings. The number of fused-ring (bicyclic) bond motifs is 1. The number of nitrogens with zero attached hydrogens (tertiary/aromatic N) is 2. The van der Waals surface area contributed by atoms with Crippen molar-refractivity contribution in [2.24, 2.45) is 0 Å². The van der Waals surface area contributed by atoms with E-state index in [1.807, 2.05) is 23.0 Å². The smallest absolute Gasteiger partial charge is 0.139 e. The van der Waals surface area contributed by atoms with Crippen LogP contribution in [-0.2, 0) is 11.5 Å². The number of ether oxygens (including phenoxy) is 1. The van der Waals surface area contributed by atoms with E-state index in [0.29, 0.717) is 6.73 Å². The predicted octanol–water partition coefficient (Wildman–Crippen LogP) is 3.26. The van der Waals surface area contributed by atoms with Crippen molar-refractivity contribution in [3.63, 3.8) is 0 Å². The van der Waals surface area contributed by atoms with Crippen molar-refractivity contribution in [1.29, 1.82) is 0 Å². The second-order valence-electron chi connectivity index (χ2n) is 4.59. The van der Waals surface area contributed by atoms with Crippen LogP contribution in [0.1, 0.15) is 0 Å². The lowest BCUT2D eigenvalue weighted by Crippen LogP contribution is -2.08. The molecule has 1 aromatic heterocycles. The fourth-order valence-corrected chi connectivity index (χ4v) is 2.61. The van der Waals surface area contributed by atoms with E-state index in [2.05, 4.69) is 40.2 Å². The number of hydrogen-bond acceptors (Lipinski definition) is 2. The first-order chi connectivity index (χ1) is 8.15. The Morgan fingerprint density at radius 3 is 3.00 bits per heavy atom. The predicted molar refractivity (Wildman–Crippen MR) is 77.1 cm³/mol. The fourth-order valence-electron chi connectivity index (χ4n) is 1.59. The van der Waals surface area contributed by atoms with Crippen molar-refractivity contribution in [1.82, 2.24) is 9.78 Å². The fraction of sp³-hybridized carbons (Fsp3) is 0.417. The summed E-state index contributed by atoms with van der Waals surface area (Å²) < 4.78 is 8.55. The van der Waals surface area contributed by atoms with Crippen molar-refractivity contribution in [2.75, 3.05) is 6.61 Å². The lowest BCUT2D eigenvalue weighted by molar-refractivity contribution is 0.0794. The first kappa shape index (κ1) is 12.8. The minimum atomic E-state index is -0.493. The van der Waals surface area contributed by atoms with Crippen LogP contribution in [0.15, 0.2) is 28.9 Å². The van der Waals surface area contributed by atoms with Crippen LogP contribution in [0.5, 0.6) is 0 Å². The Morgan fingerprint density at radius 1 is 1.41 bits per heavy atom. The highest BCUT2D eigenvalue weighted by Gasteiger charge is 2.01. The lowest BCUT2D eigenvalue weighted by atomic mass is 10.3. The quantitative estimate of drug-likeness (QED) is 0.626. The molecule has 0 unspecified atom stereocenters. The van der Waals surface area contributed by atoms with Crippen molar-refractivity contribution >= 4 is 35.6 Å². The van der Waals surface area contributed by atoms with Gasteiger partial charge < -0.3 is 4.74 Å². The summed E-state index contributed by atoms with van der Waals surface area (Å²) in [6, 6.07) is 7.31. The molecule has 0 spiro atoms. The summed E-state index contributed by atoms with van der Waals surface area (Å²) in [5, 5.41) is 5.59. The number of rotatable bonds is 5. The van der Waals surface area contributed by atoms with Gasteiger partial charge in [0.2, 0.25) is 0 Å². The Morgan fingerprint density at radius 2 is 2.24 bits per heavy atom. The average Bonchev–Trinajstić information content (AvgIpc) is 2.66. The van der Waals surface area contributed by atoms with E-state index >= 15 is 0 Å². The molecule has 3 nitrogen and oxygen atoms in total. The minimum Gasteiger partial charge on any atom is -0.360 e. The van der Waals surface area contributed by atoms with Crippen LogP contribution in [0.3, 0.4) is 0 Å². The molecule has 0 aliphatic heterocycles. The maximum atomic E-state index is 5.61. The third-order valence-corrected chi connectivity index (χ3v) is 4.46. The normalized spacial score (nSPS) is 11.5. The summed E-state index contributed by atoms with van der Waals surface area (Å²) in [5.41, 5.74) is 1.01. The molecule has 0 amide bonds. The minimum absolute atomic E-state index is 0.493. The van der Waals surface area contributed by atoms with Crippen LogP contribution in [-0.4, -0.2) is 25.2 Å². The molecule has 0 atom stereocenters. The third kappa shape index (κ3) is 3.66. The molecule has 5 heteroatoms. The Labute approximate surface area is 112 Å². The van der Waals surface area contributed by atoms with E-state index in [1.165, 1.54) is 6.04 Å². The lowest BCUT2D eigenvalue weighted by Gasteiger charge is -2.05. The monoisotopic (exact) mass is 312 g/mol. The Hall–Kier alpha value is -0.653. The maximum Gasteiger partial charge on any atom is 0.139 e. The number of hydrogen-bond donors (Lipinski definition) is 0. The van der Waals surface area contributed by atoms with Gasteiger partial charge in [-0.1, -0.05) is 29.0 Å². The zero-order chi connectivity index (χ0) is 12.3. The summed E-state index contributed by atoms with van der Waals surface area (Å²) in [6.45, 7) is 6.07. The SMILES string of the molecule is C[SiH](C)CCOCn1cc2cc(Br)ccc2n1. The Kier molecular flexibility index (Phi) is 4.36. The molecule has 2 rings (SSSR count). The van der Waals surface area contributed by atoms with Gasteiger partial charge in [-0.2, -0.15) is 5.10 Å². The number of halogens is 1. The highest BCUT2D eigenvalue weighted by atomic mass is 79.9. The second-order valence-corrected chi connectivity index (χ2v) is 8.87. The molecule has 0 radical (unpaired) electrons. The molecular weight excluding hydrogens is 296 g/mol. The van der Waals surface area contributed by atoms with Crippen molar-refractivity contribution in [2.45, 2.75) is 25.9 Å².